The normalized spacial score (nSPS) is 16.8. The van der Waals surface area contributed by atoms with E-state index in [1.165, 1.54) is 27.8 Å². The van der Waals surface area contributed by atoms with Crippen LogP contribution in [0.3, 0.4) is 0 Å². The molecule has 3 rings (SSSR count). The third-order valence-electron chi connectivity index (χ3n) is 4.66. The topological polar surface area (TPSA) is 18.5 Å². The van der Waals surface area contributed by atoms with Crippen LogP contribution in [0.5, 0.6) is 11.5 Å². The van der Waals surface area contributed by atoms with Crippen LogP contribution in [0, 0.1) is 20.8 Å². The second-order valence-corrected chi connectivity index (χ2v) is 6.25. The molecule has 0 aliphatic carbocycles. The zero-order valence-corrected chi connectivity index (χ0v) is 13.9. The van der Waals surface area contributed by atoms with E-state index in [1.54, 1.807) is 0 Å². The molecule has 0 amide bonds. The number of benzene rings is 2. The van der Waals surface area contributed by atoms with E-state index >= 15 is 0 Å². The first-order chi connectivity index (χ1) is 10.6. The van der Waals surface area contributed by atoms with Crippen molar-refractivity contribution in [2.75, 3.05) is 0 Å². The van der Waals surface area contributed by atoms with Crippen molar-refractivity contribution in [2.45, 2.75) is 53.2 Å². The van der Waals surface area contributed by atoms with Crippen molar-refractivity contribution in [1.29, 1.82) is 0 Å². The first kappa shape index (κ1) is 15.0. The molecule has 2 nitrogen and oxygen atoms in total. The summed E-state index contributed by atoms with van der Waals surface area (Å²) in [5, 5.41) is 0. The van der Waals surface area contributed by atoms with Crippen molar-refractivity contribution < 1.29 is 9.47 Å². The van der Waals surface area contributed by atoms with Crippen LogP contribution in [0.4, 0.5) is 0 Å². The molecule has 116 valence electrons. The predicted molar refractivity (Wildman–Crippen MR) is 89.8 cm³/mol. The molecule has 1 heterocycles. The molecule has 2 aromatic rings. The van der Waals surface area contributed by atoms with Gasteiger partial charge < -0.3 is 9.47 Å². The lowest BCUT2D eigenvalue weighted by Gasteiger charge is -2.29. The lowest BCUT2D eigenvalue weighted by molar-refractivity contribution is 0.189. The second kappa shape index (κ2) is 6.04. The lowest BCUT2D eigenvalue weighted by atomic mass is 9.92. The van der Waals surface area contributed by atoms with Gasteiger partial charge in [-0.3, -0.25) is 0 Å². The predicted octanol–water partition coefficient (Wildman–Crippen LogP) is 4.90. The minimum absolute atomic E-state index is 0.307. The van der Waals surface area contributed by atoms with Crippen LogP contribution in [0.2, 0.25) is 0 Å². The molecule has 2 aromatic carbocycles. The second-order valence-electron chi connectivity index (χ2n) is 6.25. The average molecular weight is 296 g/mol. The Morgan fingerprint density at radius 2 is 1.77 bits per heavy atom. The van der Waals surface area contributed by atoms with E-state index in [2.05, 4.69) is 39.8 Å². The lowest BCUT2D eigenvalue weighted by Crippen LogP contribution is -2.21. The van der Waals surface area contributed by atoms with Crippen LogP contribution < -0.4 is 9.47 Å². The van der Waals surface area contributed by atoms with Crippen molar-refractivity contribution in [1.82, 2.24) is 0 Å². The number of fused-ring (bicyclic) bond motifs is 1. The van der Waals surface area contributed by atoms with Gasteiger partial charge in [0.05, 0.1) is 6.10 Å². The summed E-state index contributed by atoms with van der Waals surface area (Å²) in [5.41, 5.74) is 6.17. The summed E-state index contributed by atoms with van der Waals surface area (Å²) in [6.45, 7) is 9.18. The fourth-order valence-electron chi connectivity index (χ4n) is 3.17. The van der Waals surface area contributed by atoms with E-state index in [0.29, 0.717) is 12.7 Å². The number of hydrogen-bond acceptors (Lipinski definition) is 2. The molecule has 0 fully saturated rings. The van der Waals surface area contributed by atoms with Crippen LogP contribution in [0.25, 0.3) is 0 Å². The van der Waals surface area contributed by atoms with Crippen LogP contribution in [-0.4, -0.2) is 6.10 Å². The maximum atomic E-state index is 6.17. The molecule has 1 aliphatic heterocycles. The largest absolute Gasteiger partial charge is 0.490 e. The third-order valence-corrected chi connectivity index (χ3v) is 4.66. The Morgan fingerprint density at radius 3 is 2.50 bits per heavy atom. The van der Waals surface area contributed by atoms with Gasteiger partial charge in [-0.15, -0.1) is 0 Å². The van der Waals surface area contributed by atoms with Crippen molar-refractivity contribution in [3.63, 3.8) is 0 Å². The molecule has 22 heavy (non-hydrogen) atoms. The molecular weight excluding hydrogens is 272 g/mol. The fourth-order valence-corrected chi connectivity index (χ4v) is 3.17. The summed E-state index contributed by atoms with van der Waals surface area (Å²) in [6, 6.07) is 10.3. The Balaban J connectivity index is 1.93. The van der Waals surface area contributed by atoms with Crippen molar-refractivity contribution in [2.24, 2.45) is 0 Å². The maximum absolute atomic E-state index is 6.17. The first-order valence-corrected chi connectivity index (χ1v) is 8.04. The Kier molecular flexibility index (Phi) is 4.10. The molecule has 0 unspecified atom stereocenters. The van der Waals surface area contributed by atoms with Crippen LogP contribution in [0.1, 0.15) is 41.2 Å². The fraction of sp³-hybridized carbons (Fsp3) is 0.400. The number of ether oxygens (including phenoxy) is 2. The molecule has 0 aromatic heterocycles. The third kappa shape index (κ3) is 2.70. The van der Waals surface area contributed by atoms with E-state index in [9.17, 15) is 0 Å². The van der Waals surface area contributed by atoms with Gasteiger partial charge in [0.1, 0.15) is 18.1 Å². The molecule has 0 saturated heterocycles. The van der Waals surface area contributed by atoms with Crippen molar-refractivity contribution in [3.8, 4) is 11.5 Å². The molecule has 1 atom stereocenters. The highest BCUT2D eigenvalue weighted by molar-refractivity contribution is 5.58. The van der Waals surface area contributed by atoms with Gasteiger partial charge in [-0.1, -0.05) is 30.3 Å². The first-order valence-electron chi connectivity index (χ1n) is 8.04. The minimum atomic E-state index is 0.307. The van der Waals surface area contributed by atoms with Crippen LogP contribution in [0.15, 0.2) is 30.3 Å². The summed E-state index contributed by atoms with van der Waals surface area (Å²) in [4.78, 5) is 0. The van der Waals surface area contributed by atoms with Gasteiger partial charge >= 0.3 is 0 Å². The van der Waals surface area contributed by atoms with Gasteiger partial charge in [-0.25, -0.2) is 0 Å². The smallest absolute Gasteiger partial charge is 0.126 e. The van der Waals surface area contributed by atoms with E-state index in [0.717, 1.165) is 24.3 Å². The van der Waals surface area contributed by atoms with Gasteiger partial charge in [0, 0.05) is 5.56 Å². The Bertz CT molecular complexity index is 674. The minimum Gasteiger partial charge on any atom is -0.490 e. The van der Waals surface area contributed by atoms with E-state index in [-0.39, 0.29) is 0 Å². The molecular formula is C20H24O2. The SMILES string of the molecule is Cc1c(C)c2c(c(C)c1OCc1ccccc1)CC[C@@H](C)O2. The Morgan fingerprint density at radius 1 is 1.05 bits per heavy atom. The zero-order chi connectivity index (χ0) is 15.7. The standard InChI is InChI=1S/C20H24O2/c1-13-10-11-18-16(4)19(14(2)15(3)20(18)22-13)21-12-17-8-6-5-7-9-17/h5-9,13H,10-12H2,1-4H3/t13-/m1/s1. The highest BCUT2D eigenvalue weighted by Gasteiger charge is 2.24. The van der Waals surface area contributed by atoms with Gasteiger partial charge in [0.25, 0.3) is 0 Å². The molecule has 0 radical (unpaired) electrons. The van der Waals surface area contributed by atoms with Crippen LogP contribution in [-0.2, 0) is 13.0 Å². The van der Waals surface area contributed by atoms with Gasteiger partial charge in [0.15, 0.2) is 0 Å². The van der Waals surface area contributed by atoms with E-state index < -0.39 is 0 Å². The molecule has 1 aliphatic rings. The summed E-state index contributed by atoms with van der Waals surface area (Å²) in [6.07, 6.45) is 2.46. The number of rotatable bonds is 3. The Labute approximate surface area is 133 Å². The van der Waals surface area contributed by atoms with E-state index in [1.807, 2.05) is 18.2 Å². The summed E-state index contributed by atoms with van der Waals surface area (Å²) in [7, 11) is 0. The summed E-state index contributed by atoms with van der Waals surface area (Å²) in [5.74, 6) is 2.11. The molecule has 0 N–H and O–H groups in total. The van der Waals surface area contributed by atoms with Crippen LogP contribution >= 0.6 is 0 Å². The summed E-state index contributed by atoms with van der Waals surface area (Å²) < 4.78 is 12.3. The van der Waals surface area contributed by atoms with E-state index in [4.69, 9.17) is 9.47 Å². The summed E-state index contributed by atoms with van der Waals surface area (Å²) >= 11 is 0. The van der Waals surface area contributed by atoms with Gasteiger partial charge in [-0.05, 0) is 62.8 Å². The quantitative estimate of drug-likeness (QED) is 0.801. The Hall–Kier alpha value is -1.96. The van der Waals surface area contributed by atoms with Gasteiger partial charge in [-0.2, -0.15) is 0 Å². The van der Waals surface area contributed by atoms with Gasteiger partial charge in [0.2, 0.25) is 0 Å². The average Bonchev–Trinajstić information content (AvgIpc) is 2.53. The molecule has 2 heteroatoms. The maximum Gasteiger partial charge on any atom is 0.126 e. The number of hydrogen-bond donors (Lipinski definition) is 0. The monoisotopic (exact) mass is 296 g/mol. The molecule has 0 bridgehead atoms. The molecule has 0 spiro atoms. The highest BCUT2D eigenvalue weighted by atomic mass is 16.5. The highest BCUT2D eigenvalue weighted by Crippen LogP contribution is 2.41. The molecule has 0 saturated carbocycles. The van der Waals surface area contributed by atoms with Crippen molar-refractivity contribution in [3.05, 3.63) is 58.1 Å². The van der Waals surface area contributed by atoms with Crippen molar-refractivity contribution >= 4 is 0 Å². The zero-order valence-electron chi connectivity index (χ0n) is 13.9.